The molecule has 1 aromatic rings. The van der Waals surface area contributed by atoms with Gasteiger partial charge in [-0.25, -0.2) is 0 Å². The Balaban J connectivity index is 2.25. The second-order valence-electron chi connectivity index (χ2n) is 4.50. The van der Waals surface area contributed by atoms with E-state index < -0.39 is 11.4 Å². The van der Waals surface area contributed by atoms with Crippen LogP contribution in [0.4, 0.5) is 5.95 Å². The molecule has 0 amide bonds. The lowest BCUT2D eigenvalue weighted by atomic mass is 9.84. The van der Waals surface area contributed by atoms with E-state index in [1.165, 1.54) is 7.11 Å². The number of carboxylic acids is 1. The van der Waals surface area contributed by atoms with Gasteiger partial charge in [-0.05, 0) is 24.4 Å². The van der Waals surface area contributed by atoms with Gasteiger partial charge in [0.2, 0.25) is 11.2 Å². The summed E-state index contributed by atoms with van der Waals surface area (Å²) in [5.41, 5.74) is -0.744. The average molecular weight is 287 g/mol. The smallest absolute Gasteiger partial charge is 0.322 e. The monoisotopic (exact) mass is 286 g/mol. The van der Waals surface area contributed by atoms with Crippen molar-refractivity contribution < 1.29 is 14.6 Å². The minimum Gasteiger partial charge on any atom is -0.481 e. The molecule has 0 spiro atoms. The molecule has 1 fully saturated rings. The molecule has 104 valence electrons. The molecule has 7 nitrogen and oxygen atoms in total. The molecule has 1 aliphatic rings. The molecule has 19 heavy (non-hydrogen) atoms. The number of anilines is 1. The molecule has 0 radical (unpaired) electrons. The number of carbonyl (C=O) groups is 1. The van der Waals surface area contributed by atoms with Gasteiger partial charge in [-0.1, -0.05) is 6.92 Å². The molecule has 1 unspecified atom stereocenters. The molecule has 2 rings (SSSR count). The maximum Gasteiger partial charge on any atom is 0.322 e. The van der Waals surface area contributed by atoms with E-state index in [0.29, 0.717) is 31.9 Å². The van der Waals surface area contributed by atoms with Crippen molar-refractivity contribution in [2.75, 3.05) is 25.1 Å². The largest absolute Gasteiger partial charge is 0.481 e. The van der Waals surface area contributed by atoms with E-state index >= 15 is 0 Å². The molecule has 0 bridgehead atoms. The number of halogens is 1. The molecular weight excluding hydrogens is 272 g/mol. The first-order valence-corrected chi connectivity index (χ1v) is 6.32. The SMILES string of the molecule is CCC1(C(=O)O)CCN(c2nc(Cl)nc(OC)n2)C1. The Kier molecular flexibility index (Phi) is 3.75. The predicted octanol–water partition coefficient (Wildman–Crippen LogP) is 1.22. The van der Waals surface area contributed by atoms with Crippen molar-refractivity contribution in [3.05, 3.63) is 5.28 Å². The zero-order chi connectivity index (χ0) is 14.0. The number of methoxy groups -OCH3 is 1. The lowest BCUT2D eigenvalue weighted by Crippen LogP contribution is -2.34. The predicted molar refractivity (Wildman–Crippen MR) is 68.6 cm³/mol. The van der Waals surface area contributed by atoms with Gasteiger partial charge in [0.05, 0.1) is 12.5 Å². The van der Waals surface area contributed by atoms with Gasteiger partial charge in [0, 0.05) is 13.1 Å². The summed E-state index contributed by atoms with van der Waals surface area (Å²) in [6.07, 6.45) is 1.12. The molecule has 1 aliphatic heterocycles. The lowest BCUT2D eigenvalue weighted by molar-refractivity contribution is -0.147. The summed E-state index contributed by atoms with van der Waals surface area (Å²) in [7, 11) is 1.44. The molecule has 1 N–H and O–H groups in total. The summed E-state index contributed by atoms with van der Waals surface area (Å²) in [6.45, 7) is 2.81. The van der Waals surface area contributed by atoms with Crippen LogP contribution in [0.3, 0.4) is 0 Å². The molecular formula is C11H15ClN4O3. The van der Waals surface area contributed by atoms with Gasteiger partial charge in [-0.3, -0.25) is 4.79 Å². The van der Waals surface area contributed by atoms with Crippen molar-refractivity contribution in [3.8, 4) is 6.01 Å². The number of nitrogens with zero attached hydrogens (tertiary/aromatic N) is 4. The maximum atomic E-state index is 11.4. The number of aromatic nitrogens is 3. The number of ether oxygens (including phenoxy) is 1. The van der Waals surface area contributed by atoms with Crippen LogP contribution in [0.1, 0.15) is 19.8 Å². The van der Waals surface area contributed by atoms with Crippen LogP contribution in [-0.4, -0.2) is 46.2 Å². The zero-order valence-electron chi connectivity index (χ0n) is 10.8. The molecule has 1 atom stereocenters. The summed E-state index contributed by atoms with van der Waals surface area (Å²) in [6, 6.07) is 0.124. The van der Waals surface area contributed by atoms with Gasteiger partial charge >= 0.3 is 12.0 Å². The first kappa shape index (κ1) is 13.8. The third-order valence-corrected chi connectivity index (χ3v) is 3.69. The summed E-state index contributed by atoms with van der Waals surface area (Å²) < 4.78 is 4.93. The van der Waals surface area contributed by atoms with Crippen LogP contribution in [0.2, 0.25) is 5.28 Å². The standard InChI is InChI=1S/C11H15ClN4O3/c1-3-11(7(17)18)4-5-16(6-11)9-13-8(12)14-10(15-9)19-2/h3-6H2,1-2H3,(H,17,18). The van der Waals surface area contributed by atoms with Crippen molar-refractivity contribution in [1.29, 1.82) is 0 Å². The molecule has 2 heterocycles. The minimum atomic E-state index is -0.787. The topological polar surface area (TPSA) is 88.4 Å². The van der Waals surface area contributed by atoms with Gasteiger partial charge in [-0.15, -0.1) is 0 Å². The van der Waals surface area contributed by atoms with Crippen LogP contribution >= 0.6 is 11.6 Å². The van der Waals surface area contributed by atoms with E-state index in [1.807, 2.05) is 6.92 Å². The van der Waals surface area contributed by atoms with E-state index in [0.717, 1.165) is 0 Å². The summed E-state index contributed by atoms with van der Waals surface area (Å²) in [5.74, 6) is -0.432. The third-order valence-electron chi connectivity index (χ3n) is 3.53. The van der Waals surface area contributed by atoms with E-state index in [9.17, 15) is 9.90 Å². The fraction of sp³-hybridized carbons (Fsp3) is 0.636. The number of hydrogen-bond acceptors (Lipinski definition) is 6. The second-order valence-corrected chi connectivity index (χ2v) is 4.84. The third kappa shape index (κ3) is 2.56. The summed E-state index contributed by atoms with van der Waals surface area (Å²) >= 11 is 5.79. The maximum absolute atomic E-state index is 11.4. The van der Waals surface area contributed by atoms with Crippen molar-refractivity contribution in [2.24, 2.45) is 5.41 Å². The Morgan fingerprint density at radius 1 is 1.53 bits per heavy atom. The fourth-order valence-electron chi connectivity index (χ4n) is 2.21. The Labute approximate surface area is 115 Å². The van der Waals surface area contributed by atoms with Crippen LogP contribution in [0.15, 0.2) is 0 Å². The average Bonchev–Trinajstić information content (AvgIpc) is 2.83. The Morgan fingerprint density at radius 3 is 2.79 bits per heavy atom. The second kappa shape index (κ2) is 5.16. The van der Waals surface area contributed by atoms with Crippen molar-refractivity contribution >= 4 is 23.5 Å². The molecule has 0 saturated carbocycles. The molecule has 1 aromatic heterocycles. The first-order valence-electron chi connectivity index (χ1n) is 5.94. The van der Waals surface area contributed by atoms with Crippen LogP contribution < -0.4 is 9.64 Å². The van der Waals surface area contributed by atoms with Crippen LogP contribution in [0.25, 0.3) is 0 Å². The minimum absolute atomic E-state index is 0.0335. The summed E-state index contributed by atoms with van der Waals surface area (Å²) in [4.78, 5) is 25.1. The van der Waals surface area contributed by atoms with Crippen LogP contribution in [0, 0.1) is 5.41 Å². The van der Waals surface area contributed by atoms with Crippen molar-refractivity contribution in [2.45, 2.75) is 19.8 Å². The van der Waals surface area contributed by atoms with Gasteiger partial charge in [0.1, 0.15) is 0 Å². The van der Waals surface area contributed by atoms with Crippen LogP contribution in [-0.2, 0) is 4.79 Å². The lowest BCUT2D eigenvalue weighted by Gasteiger charge is -2.23. The number of aliphatic carboxylic acids is 1. The number of carboxylic acid groups (broad SMARTS) is 1. The molecule has 1 saturated heterocycles. The molecule has 8 heteroatoms. The number of hydrogen-bond donors (Lipinski definition) is 1. The Hall–Kier alpha value is -1.63. The summed E-state index contributed by atoms with van der Waals surface area (Å²) in [5, 5.41) is 9.39. The van der Waals surface area contributed by atoms with Gasteiger partial charge < -0.3 is 14.7 Å². The van der Waals surface area contributed by atoms with E-state index in [2.05, 4.69) is 15.0 Å². The normalized spacial score (nSPS) is 22.6. The van der Waals surface area contributed by atoms with Gasteiger partial charge in [0.25, 0.3) is 0 Å². The number of rotatable bonds is 4. The molecule has 0 aliphatic carbocycles. The Morgan fingerprint density at radius 2 is 2.26 bits per heavy atom. The van der Waals surface area contributed by atoms with Crippen molar-refractivity contribution in [1.82, 2.24) is 15.0 Å². The highest BCUT2D eigenvalue weighted by molar-refractivity contribution is 6.28. The van der Waals surface area contributed by atoms with E-state index in [4.69, 9.17) is 16.3 Å². The highest BCUT2D eigenvalue weighted by atomic mass is 35.5. The highest BCUT2D eigenvalue weighted by Crippen LogP contribution is 2.35. The van der Waals surface area contributed by atoms with Gasteiger partial charge in [-0.2, -0.15) is 15.0 Å². The first-order chi connectivity index (χ1) is 9.00. The quantitative estimate of drug-likeness (QED) is 0.890. The fourth-order valence-corrected chi connectivity index (χ4v) is 2.36. The zero-order valence-corrected chi connectivity index (χ0v) is 11.5. The van der Waals surface area contributed by atoms with E-state index in [1.54, 1.807) is 4.90 Å². The molecule has 0 aromatic carbocycles. The van der Waals surface area contributed by atoms with Crippen molar-refractivity contribution in [3.63, 3.8) is 0 Å². The van der Waals surface area contributed by atoms with Crippen LogP contribution in [0.5, 0.6) is 6.01 Å². The Bertz CT molecular complexity index is 499. The van der Waals surface area contributed by atoms with E-state index in [-0.39, 0.29) is 11.3 Å². The highest BCUT2D eigenvalue weighted by Gasteiger charge is 2.44. The van der Waals surface area contributed by atoms with Gasteiger partial charge in [0.15, 0.2) is 0 Å².